The number of nitrogens with zero attached hydrogens (tertiary/aromatic N) is 2. The number of para-hydroxylation sites is 1. The summed E-state index contributed by atoms with van der Waals surface area (Å²) in [5.41, 5.74) is 3.94. The minimum Gasteiger partial charge on any atom is -0.370 e. The molecule has 7 heteroatoms. The van der Waals surface area contributed by atoms with E-state index in [9.17, 15) is 4.79 Å². The topological polar surface area (TPSA) is 94.7 Å². The first-order chi connectivity index (χ1) is 14.2. The van der Waals surface area contributed by atoms with Gasteiger partial charge in [0.2, 0.25) is 11.9 Å². The molecular formula is C22H22N6O. The summed E-state index contributed by atoms with van der Waals surface area (Å²) in [6, 6.07) is 17.5. The first-order valence-electron chi connectivity index (χ1n) is 9.44. The Morgan fingerprint density at radius 2 is 1.93 bits per heavy atom. The summed E-state index contributed by atoms with van der Waals surface area (Å²) in [5.74, 6) is 1.13. The van der Waals surface area contributed by atoms with Gasteiger partial charge in [0.1, 0.15) is 5.82 Å². The molecular weight excluding hydrogens is 364 g/mol. The number of anilines is 4. The zero-order chi connectivity index (χ0) is 20.1. The molecule has 2 heterocycles. The van der Waals surface area contributed by atoms with Crippen molar-refractivity contribution in [1.82, 2.24) is 15.0 Å². The zero-order valence-electron chi connectivity index (χ0n) is 16.1. The van der Waals surface area contributed by atoms with Gasteiger partial charge >= 0.3 is 0 Å². The Morgan fingerprint density at radius 3 is 2.83 bits per heavy atom. The van der Waals surface area contributed by atoms with E-state index in [0.717, 1.165) is 35.7 Å². The number of fused-ring (bicyclic) bond motifs is 1. The Bertz CT molecular complexity index is 1140. The number of H-pyrrole nitrogens is 1. The molecule has 0 saturated heterocycles. The van der Waals surface area contributed by atoms with E-state index in [2.05, 4.69) is 55.3 Å². The molecule has 0 aliphatic heterocycles. The maximum Gasteiger partial charge on any atom is 0.229 e. The highest BCUT2D eigenvalue weighted by Gasteiger charge is 2.04. The number of amides is 1. The molecule has 0 radical (unpaired) electrons. The Balaban J connectivity index is 1.38. The molecule has 0 unspecified atom stereocenters. The van der Waals surface area contributed by atoms with E-state index in [4.69, 9.17) is 0 Å². The highest BCUT2D eigenvalue weighted by Crippen LogP contribution is 2.20. The van der Waals surface area contributed by atoms with Crippen LogP contribution in [0.1, 0.15) is 12.5 Å². The van der Waals surface area contributed by atoms with Crippen molar-refractivity contribution in [1.29, 1.82) is 0 Å². The fourth-order valence-corrected chi connectivity index (χ4v) is 3.19. The normalized spacial score (nSPS) is 10.7. The van der Waals surface area contributed by atoms with Crippen molar-refractivity contribution in [3.05, 3.63) is 72.6 Å². The average molecular weight is 386 g/mol. The highest BCUT2D eigenvalue weighted by molar-refractivity contribution is 5.89. The summed E-state index contributed by atoms with van der Waals surface area (Å²) < 4.78 is 0. The minimum absolute atomic E-state index is 0.111. The molecule has 0 bridgehead atoms. The van der Waals surface area contributed by atoms with Crippen LogP contribution in [0.4, 0.5) is 23.1 Å². The van der Waals surface area contributed by atoms with Crippen LogP contribution in [0.3, 0.4) is 0 Å². The second-order valence-corrected chi connectivity index (χ2v) is 6.69. The number of aromatic nitrogens is 3. The Morgan fingerprint density at radius 1 is 1.07 bits per heavy atom. The Labute approximate surface area is 168 Å². The molecule has 1 amide bonds. The standard InChI is InChI=1S/C22H22N6O/c1-15(29)26-17-5-4-6-18(13-17)27-22-24-12-10-21(28-22)23-11-9-16-14-25-20-8-3-2-7-19(16)20/h2-8,10,12-14,25H,9,11H2,1H3,(H,26,29)(H2,23,24,27,28). The van der Waals surface area contributed by atoms with Crippen LogP contribution in [0.5, 0.6) is 0 Å². The van der Waals surface area contributed by atoms with E-state index in [1.54, 1.807) is 6.20 Å². The SMILES string of the molecule is CC(=O)Nc1cccc(Nc2nccc(NCCc3c[nH]c4ccccc34)n2)c1. The van der Waals surface area contributed by atoms with Crippen molar-refractivity contribution < 1.29 is 4.79 Å². The van der Waals surface area contributed by atoms with Gasteiger partial charge in [0.05, 0.1) is 0 Å². The predicted octanol–water partition coefficient (Wildman–Crippen LogP) is 4.31. The smallest absolute Gasteiger partial charge is 0.229 e. The Hall–Kier alpha value is -3.87. The van der Waals surface area contributed by atoms with Crippen molar-refractivity contribution >= 4 is 40.0 Å². The lowest BCUT2D eigenvalue weighted by molar-refractivity contribution is -0.114. The number of hydrogen-bond acceptors (Lipinski definition) is 5. The molecule has 7 nitrogen and oxygen atoms in total. The lowest BCUT2D eigenvalue weighted by atomic mass is 10.1. The fraction of sp³-hybridized carbons (Fsp3) is 0.136. The second-order valence-electron chi connectivity index (χ2n) is 6.69. The zero-order valence-corrected chi connectivity index (χ0v) is 16.1. The molecule has 0 saturated carbocycles. The predicted molar refractivity (Wildman–Crippen MR) is 117 cm³/mol. The van der Waals surface area contributed by atoms with E-state index in [0.29, 0.717) is 5.95 Å². The molecule has 29 heavy (non-hydrogen) atoms. The maximum absolute atomic E-state index is 11.2. The average Bonchev–Trinajstić information content (AvgIpc) is 3.11. The van der Waals surface area contributed by atoms with Gasteiger partial charge < -0.3 is 20.9 Å². The third kappa shape index (κ3) is 4.70. The number of nitrogens with one attached hydrogen (secondary N) is 4. The van der Waals surface area contributed by atoms with Gasteiger partial charge in [-0.3, -0.25) is 4.79 Å². The van der Waals surface area contributed by atoms with Crippen LogP contribution in [0.15, 0.2) is 67.0 Å². The maximum atomic E-state index is 11.2. The first-order valence-corrected chi connectivity index (χ1v) is 9.44. The van der Waals surface area contributed by atoms with Crippen molar-refractivity contribution in [2.45, 2.75) is 13.3 Å². The molecule has 0 atom stereocenters. The number of carbonyl (C=O) groups excluding carboxylic acids is 1. The molecule has 4 N–H and O–H groups in total. The molecule has 0 spiro atoms. The quantitative estimate of drug-likeness (QED) is 0.380. The van der Waals surface area contributed by atoms with E-state index < -0.39 is 0 Å². The molecule has 146 valence electrons. The lowest BCUT2D eigenvalue weighted by Gasteiger charge is -2.09. The van der Waals surface area contributed by atoms with Gasteiger partial charge in [-0.25, -0.2) is 4.98 Å². The van der Waals surface area contributed by atoms with Crippen LogP contribution in [0.2, 0.25) is 0 Å². The Kier molecular flexibility index (Phi) is 5.38. The largest absolute Gasteiger partial charge is 0.370 e. The molecule has 4 rings (SSSR count). The van der Waals surface area contributed by atoms with Crippen LogP contribution in [-0.2, 0) is 11.2 Å². The molecule has 2 aromatic heterocycles. The van der Waals surface area contributed by atoms with E-state index in [-0.39, 0.29) is 5.91 Å². The number of aromatic amines is 1. The fourth-order valence-electron chi connectivity index (χ4n) is 3.19. The molecule has 2 aromatic carbocycles. The van der Waals surface area contributed by atoms with Crippen molar-refractivity contribution in [3.8, 4) is 0 Å². The summed E-state index contributed by atoms with van der Waals surface area (Å²) >= 11 is 0. The highest BCUT2D eigenvalue weighted by atomic mass is 16.1. The number of hydrogen-bond donors (Lipinski definition) is 4. The van der Waals surface area contributed by atoms with Crippen molar-refractivity contribution in [3.63, 3.8) is 0 Å². The second kappa shape index (κ2) is 8.43. The summed E-state index contributed by atoms with van der Waals surface area (Å²) in [4.78, 5) is 23.3. The van der Waals surface area contributed by atoms with Crippen LogP contribution in [0.25, 0.3) is 10.9 Å². The monoisotopic (exact) mass is 386 g/mol. The van der Waals surface area contributed by atoms with Crippen LogP contribution in [-0.4, -0.2) is 27.4 Å². The summed E-state index contributed by atoms with van der Waals surface area (Å²) in [5, 5.41) is 10.5. The van der Waals surface area contributed by atoms with Crippen molar-refractivity contribution in [2.24, 2.45) is 0 Å². The molecule has 4 aromatic rings. The van der Waals surface area contributed by atoms with Gasteiger partial charge in [-0.2, -0.15) is 4.98 Å². The van der Waals surface area contributed by atoms with Gasteiger partial charge in [0, 0.05) is 48.1 Å². The van der Waals surface area contributed by atoms with E-state index in [1.807, 2.05) is 36.4 Å². The van der Waals surface area contributed by atoms with Crippen LogP contribution in [0, 0.1) is 0 Å². The number of benzene rings is 2. The molecule has 0 aliphatic carbocycles. The van der Waals surface area contributed by atoms with E-state index >= 15 is 0 Å². The van der Waals surface area contributed by atoms with Gasteiger partial charge in [0.25, 0.3) is 0 Å². The minimum atomic E-state index is -0.111. The van der Waals surface area contributed by atoms with Crippen LogP contribution >= 0.6 is 0 Å². The number of carbonyl (C=O) groups is 1. The van der Waals surface area contributed by atoms with Gasteiger partial charge in [-0.15, -0.1) is 0 Å². The van der Waals surface area contributed by atoms with Gasteiger partial charge in [-0.05, 0) is 42.3 Å². The summed E-state index contributed by atoms with van der Waals surface area (Å²) in [6.07, 6.45) is 4.65. The third-order valence-corrected chi connectivity index (χ3v) is 4.47. The first kappa shape index (κ1) is 18.5. The summed E-state index contributed by atoms with van der Waals surface area (Å²) in [7, 11) is 0. The van der Waals surface area contributed by atoms with Gasteiger partial charge in [0.15, 0.2) is 0 Å². The molecule has 0 fully saturated rings. The van der Waals surface area contributed by atoms with Gasteiger partial charge in [-0.1, -0.05) is 24.3 Å². The van der Waals surface area contributed by atoms with E-state index in [1.165, 1.54) is 17.9 Å². The van der Waals surface area contributed by atoms with Crippen LogP contribution < -0.4 is 16.0 Å². The molecule has 0 aliphatic rings. The lowest BCUT2D eigenvalue weighted by Crippen LogP contribution is -2.08. The van der Waals surface area contributed by atoms with Crippen molar-refractivity contribution in [2.75, 3.05) is 22.5 Å². The summed E-state index contributed by atoms with van der Waals surface area (Å²) in [6.45, 7) is 2.24. The third-order valence-electron chi connectivity index (χ3n) is 4.47. The number of rotatable bonds is 7.